The van der Waals surface area contributed by atoms with E-state index in [9.17, 15) is 66.1 Å². The number of fused-ring (bicyclic) bond motifs is 7. The fourth-order valence-electron chi connectivity index (χ4n) is 15.0. The van der Waals surface area contributed by atoms with Gasteiger partial charge in [0.25, 0.3) is 0 Å². The molecule has 19 heteroatoms. The first kappa shape index (κ1) is 51.9. The van der Waals surface area contributed by atoms with Gasteiger partial charge in [0.05, 0.1) is 43.5 Å². The molecule has 8 rings (SSSR count). The molecule has 4 saturated carbocycles. The third-order valence-electron chi connectivity index (χ3n) is 19.4. The summed E-state index contributed by atoms with van der Waals surface area (Å²) in [6.07, 6.45) is -18.3. The summed E-state index contributed by atoms with van der Waals surface area (Å²) in [6, 6.07) is 0. The number of aliphatic hydroxyl groups excluding tert-OH is 12. The average molecular weight is 959 g/mol. The maximum Gasteiger partial charge on any atom is 0.315 e. The van der Waals surface area contributed by atoms with E-state index in [0.717, 1.165) is 19.3 Å². The van der Waals surface area contributed by atoms with Crippen molar-refractivity contribution in [2.45, 2.75) is 211 Å². The van der Waals surface area contributed by atoms with E-state index in [1.807, 2.05) is 6.92 Å². The fourth-order valence-corrected chi connectivity index (χ4v) is 15.0. The summed E-state index contributed by atoms with van der Waals surface area (Å²) in [5.74, 6) is -0.715. The van der Waals surface area contributed by atoms with Crippen molar-refractivity contribution >= 4 is 5.97 Å². The zero-order valence-electron chi connectivity index (χ0n) is 39.8. The van der Waals surface area contributed by atoms with Crippen LogP contribution in [0.15, 0.2) is 11.6 Å². The normalized spacial score (nSPS) is 55.2. The van der Waals surface area contributed by atoms with Crippen molar-refractivity contribution in [3.8, 4) is 0 Å². The molecule has 384 valence electrons. The second-order valence-corrected chi connectivity index (χ2v) is 23.5. The van der Waals surface area contributed by atoms with Crippen molar-refractivity contribution in [3.05, 3.63) is 11.6 Å². The lowest BCUT2D eigenvalue weighted by Crippen LogP contribution is -2.68. The van der Waals surface area contributed by atoms with Gasteiger partial charge in [0.15, 0.2) is 12.6 Å². The summed E-state index contributed by atoms with van der Waals surface area (Å²) < 4.78 is 34.7. The molecule has 0 bridgehead atoms. The quantitative estimate of drug-likeness (QED) is 0.0986. The Hall–Kier alpha value is -1.47. The highest BCUT2D eigenvalue weighted by molar-refractivity contribution is 5.79. The Labute approximate surface area is 392 Å². The van der Waals surface area contributed by atoms with Gasteiger partial charge in [0.1, 0.15) is 67.1 Å². The Morgan fingerprint density at radius 2 is 1.31 bits per heavy atom. The van der Waals surface area contributed by atoms with E-state index >= 15 is 0 Å². The number of hydrogen-bond acceptors (Lipinski definition) is 19. The zero-order chi connectivity index (χ0) is 49.1. The third-order valence-corrected chi connectivity index (χ3v) is 19.4. The molecule has 0 spiro atoms. The van der Waals surface area contributed by atoms with Gasteiger partial charge in [-0.2, -0.15) is 0 Å². The van der Waals surface area contributed by atoms with Crippen LogP contribution in [0.4, 0.5) is 0 Å². The van der Waals surface area contributed by atoms with E-state index in [-0.39, 0.29) is 46.0 Å². The van der Waals surface area contributed by atoms with Crippen LogP contribution < -0.4 is 0 Å². The molecule has 25 atom stereocenters. The van der Waals surface area contributed by atoms with Gasteiger partial charge in [-0.05, 0) is 104 Å². The SMILES string of the molecule is C[C@@H]1O[C@H](O[C@H]2[C@H](O)[C@@H](O)[C@H](OC[C@H]3O[C@@H](OC(=O)[C@]45CCC(C)(C)C[C@H]4C4=CC[C@@H]6[C@@]7(C)C[C@@H](O)[C@H](O)[C@@](C)(CO)[C@@H]7CC[C@@]6(C)[C@]4(C)CC5)[C@H](O)[C@@H](O)[C@@H]3O)O[C@@H]2CO)[C@H](O)[C@H](O)[C@H]1O. The van der Waals surface area contributed by atoms with E-state index in [4.69, 9.17) is 28.4 Å². The summed E-state index contributed by atoms with van der Waals surface area (Å²) in [5.41, 5.74) is -1.76. The summed E-state index contributed by atoms with van der Waals surface area (Å²) in [5, 5.41) is 130. The lowest BCUT2D eigenvalue weighted by atomic mass is 9.33. The minimum atomic E-state index is -1.86. The predicted molar refractivity (Wildman–Crippen MR) is 232 cm³/mol. The number of esters is 1. The molecule has 5 aliphatic carbocycles. The molecule has 0 aromatic heterocycles. The van der Waals surface area contributed by atoms with Crippen molar-refractivity contribution < 1.29 is 94.5 Å². The Morgan fingerprint density at radius 3 is 1.99 bits per heavy atom. The Bertz CT molecular complexity index is 1830. The summed E-state index contributed by atoms with van der Waals surface area (Å²) in [7, 11) is 0. The van der Waals surface area contributed by atoms with Gasteiger partial charge in [-0.15, -0.1) is 0 Å². The van der Waals surface area contributed by atoms with Crippen molar-refractivity contribution in [1.82, 2.24) is 0 Å². The number of ether oxygens (including phenoxy) is 6. The first-order chi connectivity index (χ1) is 31.2. The molecule has 0 unspecified atom stereocenters. The van der Waals surface area contributed by atoms with Gasteiger partial charge in [-0.3, -0.25) is 4.79 Å². The number of aliphatic hydroxyl groups is 12. The molecular formula is C48H78O19. The van der Waals surface area contributed by atoms with Crippen LogP contribution in [0.1, 0.15) is 106 Å². The molecule has 67 heavy (non-hydrogen) atoms. The summed E-state index contributed by atoms with van der Waals surface area (Å²) in [6.45, 7) is 13.0. The second kappa shape index (κ2) is 18.2. The third kappa shape index (κ3) is 8.10. The van der Waals surface area contributed by atoms with Gasteiger partial charge in [-0.1, -0.05) is 53.2 Å². The van der Waals surface area contributed by atoms with E-state index in [2.05, 4.69) is 40.7 Å². The number of rotatable bonds is 9. The minimum absolute atomic E-state index is 0.0113. The zero-order valence-corrected chi connectivity index (χ0v) is 39.8. The highest BCUT2D eigenvalue weighted by atomic mass is 16.8. The molecule has 0 amide bonds. The standard InChI is InChI=1S/C48H78O19/c1-21-29(52)31(54)34(57)40(63-21)66-37-25(18-49)64-39(36(59)33(37)56)62-19-26-30(53)32(55)35(58)41(65-26)67-42(61)48-14-12-43(2,3)16-23(48)22-8-9-28-44(4)17-24(51)38(60)45(5,20-50)27(44)10-11-47(28,7)46(22,6)13-15-48/h8,21,23-41,49-60H,9-20H2,1-7H3/t21-,23-,24+,25+,26+,27+,28+,29-,30+,31+,32-,33+,34+,35+,36+,37+,38-,39+,40+,41-,44-,45-,46+,47+,48-/m0/s1. The molecule has 0 radical (unpaired) electrons. The van der Waals surface area contributed by atoms with Gasteiger partial charge in [-0.25, -0.2) is 0 Å². The monoisotopic (exact) mass is 959 g/mol. The van der Waals surface area contributed by atoms with Gasteiger partial charge < -0.3 is 89.7 Å². The molecule has 3 saturated heterocycles. The molecule has 0 aromatic carbocycles. The minimum Gasteiger partial charge on any atom is -0.432 e. The molecule has 12 N–H and O–H groups in total. The van der Waals surface area contributed by atoms with Crippen molar-refractivity contribution in [2.75, 3.05) is 19.8 Å². The van der Waals surface area contributed by atoms with Crippen LogP contribution in [0, 0.1) is 50.2 Å². The van der Waals surface area contributed by atoms with Gasteiger partial charge >= 0.3 is 5.97 Å². The molecule has 3 aliphatic heterocycles. The van der Waals surface area contributed by atoms with Crippen molar-refractivity contribution in [2.24, 2.45) is 50.2 Å². The van der Waals surface area contributed by atoms with E-state index in [1.165, 1.54) is 12.5 Å². The largest absolute Gasteiger partial charge is 0.432 e. The fraction of sp³-hybridized carbons (Fsp3) is 0.938. The number of carbonyl (C=O) groups excluding carboxylic acids is 1. The van der Waals surface area contributed by atoms with Crippen molar-refractivity contribution in [3.63, 3.8) is 0 Å². The highest BCUT2D eigenvalue weighted by Crippen LogP contribution is 2.76. The number of hydrogen-bond donors (Lipinski definition) is 12. The van der Waals surface area contributed by atoms with Gasteiger partial charge in [0, 0.05) is 5.41 Å². The molecule has 8 aliphatic rings. The Balaban J connectivity index is 0.982. The second-order valence-electron chi connectivity index (χ2n) is 23.5. The lowest BCUT2D eigenvalue weighted by Gasteiger charge is -2.71. The van der Waals surface area contributed by atoms with Crippen LogP contribution in [0.5, 0.6) is 0 Å². The molecular weight excluding hydrogens is 881 g/mol. The van der Waals surface area contributed by atoms with E-state index < -0.39 is 134 Å². The summed E-state index contributed by atoms with van der Waals surface area (Å²) in [4.78, 5) is 15.0. The summed E-state index contributed by atoms with van der Waals surface area (Å²) >= 11 is 0. The maximum atomic E-state index is 15.0. The predicted octanol–water partition coefficient (Wildman–Crippen LogP) is -0.889. The first-order valence-corrected chi connectivity index (χ1v) is 24.4. The van der Waals surface area contributed by atoms with Gasteiger partial charge in [0.2, 0.25) is 6.29 Å². The molecule has 7 fully saturated rings. The van der Waals surface area contributed by atoms with Crippen molar-refractivity contribution in [1.29, 1.82) is 0 Å². The number of carbonyl (C=O) groups is 1. The average Bonchev–Trinajstić information content (AvgIpc) is 3.28. The smallest absolute Gasteiger partial charge is 0.315 e. The van der Waals surface area contributed by atoms with Crippen LogP contribution in [0.25, 0.3) is 0 Å². The van der Waals surface area contributed by atoms with Crippen LogP contribution in [-0.2, 0) is 33.2 Å². The van der Waals surface area contributed by atoms with Crippen LogP contribution >= 0.6 is 0 Å². The Kier molecular flexibility index (Phi) is 14.1. The Morgan fingerprint density at radius 1 is 0.687 bits per heavy atom. The number of allylic oxidation sites excluding steroid dienone is 2. The van der Waals surface area contributed by atoms with Crippen LogP contribution in [0.2, 0.25) is 0 Å². The van der Waals surface area contributed by atoms with Crippen LogP contribution in [-0.4, -0.2) is 191 Å². The van der Waals surface area contributed by atoms with Crippen LogP contribution in [0.3, 0.4) is 0 Å². The van der Waals surface area contributed by atoms with E-state index in [1.54, 1.807) is 0 Å². The highest BCUT2D eigenvalue weighted by Gasteiger charge is 2.71. The maximum absolute atomic E-state index is 15.0. The molecule has 3 heterocycles. The first-order valence-electron chi connectivity index (χ1n) is 24.4. The topological polar surface area (TPSA) is 315 Å². The molecule has 19 nitrogen and oxygen atoms in total. The molecule has 0 aromatic rings. The van der Waals surface area contributed by atoms with E-state index in [0.29, 0.717) is 38.5 Å². The lowest BCUT2D eigenvalue weighted by molar-refractivity contribution is -0.361.